The van der Waals surface area contributed by atoms with Gasteiger partial charge in [-0.1, -0.05) is 51.0 Å². The second-order valence-electron chi connectivity index (χ2n) is 6.52. The maximum Gasteiger partial charge on any atom is 0.222 e. The monoisotopic (exact) mass is 275 g/mol. The van der Waals surface area contributed by atoms with Crippen molar-refractivity contribution in [2.75, 3.05) is 13.1 Å². The predicted molar refractivity (Wildman–Crippen MR) is 84.5 cm³/mol. The van der Waals surface area contributed by atoms with Gasteiger partial charge in [0.15, 0.2) is 0 Å². The number of rotatable bonds is 7. The summed E-state index contributed by atoms with van der Waals surface area (Å²) in [6.07, 6.45) is 13.3. The lowest BCUT2D eigenvalue weighted by molar-refractivity contribution is -0.131. The van der Waals surface area contributed by atoms with Crippen LogP contribution >= 0.6 is 0 Å². The second kappa shape index (κ2) is 6.60. The lowest BCUT2D eigenvalue weighted by atomic mass is 9.88. The smallest absolute Gasteiger partial charge is 0.222 e. The van der Waals surface area contributed by atoms with Crippen molar-refractivity contribution in [3.8, 4) is 0 Å². The molecule has 0 N–H and O–H groups in total. The van der Waals surface area contributed by atoms with Gasteiger partial charge in [0.05, 0.1) is 0 Å². The molecule has 2 atom stereocenters. The predicted octanol–water partition coefficient (Wildman–Crippen LogP) is 4.33. The van der Waals surface area contributed by atoms with Gasteiger partial charge in [-0.15, -0.1) is 0 Å². The zero-order valence-electron chi connectivity index (χ0n) is 13.3. The quantitative estimate of drug-likeness (QED) is 0.677. The van der Waals surface area contributed by atoms with Gasteiger partial charge in [-0.3, -0.25) is 4.79 Å². The molecule has 1 saturated carbocycles. The summed E-state index contributed by atoms with van der Waals surface area (Å²) in [7, 11) is 0. The number of amides is 1. The maximum atomic E-state index is 12.1. The van der Waals surface area contributed by atoms with Crippen molar-refractivity contribution < 1.29 is 4.79 Å². The molecule has 0 spiro atoms. The molecule has 0 aliphatic heterocycles. The molecule has 2 aliphatic carbocycles. The van der Waals surface area contributed by atoms with Gasteiger partial charge in [0.25, 0.3) is 0 Å². The van der Waals surface area contributed by atoms with Crippen molar-refractivity contribution in [1.29, 1.82) is 0 Å². The zero-order chi connectivity index (χ0) is 14.6. The van der Waals surface area contributed by atoms with Crippen molar-refractivity contribution in [1.82, 2.24) is 4.90 Å². The highest BCUT2D eigenvalue weighted by Crippen LogP contribution is 2.59. The maximum absolute atomic E-state index is 12.1. The first-order valence-corrected chi connectivity index (χ1v) is 8.25. The van der Waals surface area contributed by atoms with Gasteiger partial charge in [0.1, 0.15) is 0 Å². The SMILES string of the molecule is CCCCN(CC1CC1(C)C1=CC=CCC1)C(=O)CC. The fourth-order valence-corrected chi connectivity index (χ4v) is 3.35. The van der Waals surface area contributed by atoms with E-state index in [0.29, 0.717) is 23.7 Å². The van der Waals surface area contributed by atoms with E-state index in [0.717, 1.165) is 25.9 Å². The normalized spacial score (nSPS) is 28.1. The van der Waals surface area contributed by atoms with E-state index >= 15 is 0 Å². The lowest BCUT2D eigenvalue weighted by Gasteiger charge is -2.25. The van der Waals surface area contributed by atoms with Crippen LogP contribution in [-0.2, 0) is 4.79 Å². The Morgan fingerprint density at radius 2 is 2.25 bits per heavy atom. The van der Waals surface area contributed by atoms with Crippen LogP contribution in [0.25, 0.3) is 0 Å². The number of nitrogens with zero attached hydrogens (tertiary/aromatic N) is 1. The summed E-state index contributed by atoms with van der Waals surface area (Å²) in [4.78, 5) is 14.2. The molecule has 0 heterocycles. The van der Waals surface area contributed by atoms with Crippen LogP contribution in [0.2, 0.25) is 0 Å². The molecule has 2 heteroatoms. The molecule has 0 radical (unpaired) electrons. The summed E-state index contributed by atoms with van der Waals surface area (Å²) in [6.45, 7) is 8.45. The minimum Gasteiger partial charge on any atom is -0.342 e. The largest absolute Gasteiger partial charge is 0.342 e. The van der Waals surface area contributed by atoms with Crippen molar-refractivity contribution >= 4 is 5.91 Å². The highest BCUT2D eigenvalue weighted by atomic mass is 16.2. The van der Waals surface area contributed by atoms with E-state index in [1.54, 1.807) is 5.57 Å². The minimum atomic E-state index is 0.324. The van der Waals surface area contributed by atoms with Gasteiger partial charge in [-0.25, -0.2) is 0 Å². The Morgan fingerprint density at radius 1 is 1.45 bits per heavy atom. The third-order valence-corrected chi connectivity index (χ3v) is 5.04. The van der Waals surface area contributed by atoms with E-state index in [9.17, 15) is 4.79 Å². The molecule has 112 valence electrons. The van der Waals surface area contributed by atoms with Crippen LogP contribution in [0.15, 0.2) is 23.8 Å². The van der Waals surface area contributed by atoms with Gasteiger partial charge in [0.2, 0.25) is 5.91 Å². The molecule has 2 rings (SSSR count). The number of unbranched alkanes of at least 4 members (excludes halogenated alkanes) is 1. The van der Waals surface area contributed by atoms with E-state index in [2.05, 4.69) is 37.0 Å². The van der Waals surface area contributed by atoms with Gasteiger partial charge in [-0.2, -0.15) is 0 Å². The Labute approximate surface area is 123 Å². The molecule has 0 bridgehead atoms. The first-order valence-electron chi connectivity index (χ1n) is 8.25. The molecular formula is C18H29NO. The lowest BCUT2D eigenvalue weighted by Crippen LogP contribution is -2.34. The van der Waals surface area contributed by atoms with Crippen LogP contribution in [0, 0.1) is 11.3 Å². The molecule has 0 aromatic rings. The van der Waals surface area contributed by atoms with Crippen molar-refractivity contribution in [3.05, 3.63) is 23.8 Å². The summed E-state index contributed by atoms with van der Waals surface area (Å²) in [5.41, 5.74) is 1.97. The van der Waals surface area contributed by atoms with Gasteiger partial charge in [-0.05, 0) is 37.0 Å². The summed E-state index contributed by atoms with van der Waals surface area (Å²) in [6, 6.07) is 0. The molecule has 20 heavy (non-hydrogen) atoms. The molecule has 2 aliphatic rings. The van der Waals surface area contributed by atoms with Crippen LogP contribution in [0.5, 0.6) is 0 Å². The highest BCUT2D eigenvalue weighted by Gasteiger charge is 2.52. The number of allylic oxidation sites excluding steroid dienone is 4. The fourth-order valence-electron chi connectivity index (χ4n) is 3.35. The van der Waals surface area contributed by atoms with Crippen LogP contribution < -0.4 is 0 Å². The Balaban J connectivity index is 1.93. The van der Waals surface area contributed by atoms with E-state index in [1.165, 1.54) is 19.3 Å². The van der Waals surface area contributed by atoms with E-state index < -0.39 is 0 Å². The Kier molecular flexibility index (Phi) is 5.06. The Bertz CT molecular complexity index is 410. The molecule has 2 nitrogen and oxygen atoms in total. The average molecular weight is 275 g/mol. The Hall–Kier alpha value is -1.05. The van der Waals surface area contributed by atoms with Crippen molar-refractivity contribution in [2.45, 2.75) is 59.3 Å². The van der Waals surface area contributed by atoms with Crippen LogP contribution in [0.1, 0.15) is 59.3 Å². The van der Waals surface area contributed by atoms with Gasteiger partial charge >= 0.3 is 0 Å². The van der Waals surface area contributed by atoms with E-state index in [1.807, 2.05) is 6.92 Å². The first kappa shape index (κ1) is 15.3. The summed E-state index contributed by atoms with van der Waals surface area (Å²) >= 11 is 0. The number of hydrogen-bond acceptors (Lipinski definition) is 1. The molecule has 0 aromatic carbocycles. The average Bonchev–Trinajstić information content (AvgIpc) is 3.15. The van der Waals surface area contributed by atoms with Crippen LogP contribution in [0.4, 0.5) is 0 Å². The topological polar surface area (TPSA) is 20.3 Å². The van der Waals surface area contributed by atoms with Gasteiger partial charge < -0.3 is 4.90 Å². The molecule has 1 fully saturated rings. The van der Waals surface area contributed by atoms with Crippen LogP contribution in [-0.4, -0.2) is 23.9 Å². The molecule has 2 unspecified atom stereocenters. The van der Waals surface area contributed by atoms with Crippen molar-refractivity contribution in [2.24, 2.45) is 11.3 Å². The standard InChI is InChI=1S/C18H29NO/c1-4-6-12-19(17(20)5-2)14-16-13-18(16,3)15-10-8-7-9-11-15/h7-8,10,16H,4-6,9,11-14H2,1-3H3. The number of carbonyl (C=O) groups is 1. The summed E-state index contributed by atoms with van der Waals surface area (Å²) < 4.78 is 0. The summed E-state index contributed by atoms with van der Waals surface area (Å²) in [5.74, 6) is 0.998. The summed E-state index contributed by atoms with van der Waals surface area (Å²) in [5, 5.41) is 0. The van der Waals surface area contributed by atoms with Crippen molar-refractivity contribution in [3.63, 3.8) is 0 Å². The molecular weight excluding hydrogens is 246 g/mol. The minimum absolute atomic E-state index is 0.324. The molecule has 1 amide bonds. The first-order chi connectivity index (χ1) is 9.61. The fraction of sp³-hybridized carbons (Fsp3) is 0.722. The number of hydrogen-bond donors (Lipinski definition) is 0. The molecule has 0 saturated heterocycles. The third kappa shape index (κ3) is 3.34. The second-order valence-corrected chi connectivity index (χ2v) is 6.52. The zero-order valence-corrected chi connectivity index (χ0v) is 13.3. The molecule has 0 aromatic heterocycles. The van der Waals surface area contributed by atoms with E-state index in [-0.39, 0.29) is 0 Å². The third-order valence-electron chi connectivity index (χ3n) is 5.04. The Morgan fingerprint density at radius 3 is 2.85 bits per heavy atom. The number of carbonyl (C=O) groups excluding carboxylic acids is 1. The highest BCUT2D eigenvalue weighted by molar-refractivity contribution is 5.75. The van der Waals surface area contributed by atoms with E-state index in [4.69, 9.17) is 0 Å². The van der Waals surface area contributed by atoms with Crippen LogP contribution in [0.3, 0.4) is 0 Å². The van der Waals surface area contributed by atoms with Gasteiger partial charge in [0, 0.05) is 19.5 Å².